The van der Waals surface area contributed by atoms with Crippen LogP contribution >= 0.6 is 0 Å². The quantitative estimate of drug-likeness (QED) is 0.610. The Labute approximate surface area is 172 Å². The lowest BCUT2D eigenvalue weighted by molar-refractivity contribution is -0.137. The predicted molar refractivity (Wildman–Crippen MR) is 98.2 cm³/mol. The number of carbonyl (C=O) groups is 1. The van der Waals surface area contributed by atoms with Gasteiger partial charge in [-0.1, -0.05) is 0 Å². The zero-order chi connectivity index (χ0) is 22.3. The number of ether oxygens (including phenoxy) is 1. The van der Waals surface area contributed by atoms with Crippen LogP contribution in [0.5, 0.6) is 5.75 Å². The van der Waals surface area contributed by atoms with Gasteiger partial charge in [0.15, 0.2) is 0 Å². The van der Waals surface area contributed by atoms with Crippen molar-refractivity contribution in [2.24, 2.45) is 7.05 Å². The third kappa shape index (κ3) is 4.29. The topological polar surface area (TPSA) is 98.3 Å². The largest absolute Gasteiger partial charge is 0.487 e. The summed E-state index contributed by atoms with van der Waals surface area (Å²) < 4.78 is 63.9. The summed E-state index contributed by atoms with van der Waals surface area (Å²) in [6.07, 6.45) is -3.80. The van der Waals surface area contributed by atoms with E-state index in [0.29, 0.717) is 11.9 Å². The van der Waals surface area contributed by atoms with Crippen molar-refractivity contribution in [2.45, 2.75) is 19.2 Å². The van der Waals surface area contributed by atoms with Gasteiger partial charge in [0.1, 0.15) is 29.1 Å². The normalized spacial score (nSPS) is 14.5. The van der Waals surface area contributed by atoms with Crippen LogP contribution in [0.3, 0.4) is 0 Å². The van der Waals surface area contributed by atoms with E-state index in [1.807, 2.05) is 0 Å². The molecule has 1 saturated heterocycles. The molecule has 1 amide bonds. The SMILES string of the molecule is Cc1nc(NC(=O)c2cnn(C)c2N2CC(Oc3cc(F)cc(C(F)(F)F)c3)C2)no1. The summed E-state index contributed by atoms with van der Waals surface area (Å²) in [5, 5.41) is 10.2. The maximum absolute atomic E-state index is 13.5. The van der Waals surface area contributed by atoms with E-state index in [9.17, 15) is 22.4 Å². The van der Waals surface area contributed by atoms with Crippen LogP contribution in [0.15, 0.2) is 28.9 Å². The Bertz CT molecular complexity index is 1120. The Hall–Kier alpha value is -3.64. The molecule has 13 heteroatoms. The molecule has 1 fully saturated rings. The summed E-state index contributed by atoms with van der Waals surface area (Å²) >= 11 is 0. The summed E-state index contributed by atoms with van der Waals surface area (Å²) in [6, 6.07) is 2.06. The van der Waals surface area contributed by atoms with Gasteiger partial charge in [0.2, 0.25) is 5.89 Å². The molecule has 3 aromatic rings. The maximum Gasteiger partial charge on any atom is 0.416 e. The number of halogens is 4. The molecular weight excluding hydrogens is 424 g/mol. The zero-order valence-corrected chi connectivity index (χ0v) is 16.3. The van der Waals surface area contributed by atoms with Gasteiger partial charge in [-0.05, 0) is 17.3 Å². The minimum atomic E-state index is -4.68. The molecule has 1 aliphatic heterocycles. The highest BCUT2D eigenvalue weighted by atomic mass is 19.4. The average Bonchev–Trinajstić information content (AvgIpc) is 3.22. The van der Waals surface area contributed by atoms with Crippen molar-refractivity contribution in [1.82, 2.24) is 19.9 Å². The molecule has 1 aliphatic rings. The Morgan fingerprint density at radius 2 is 2.03 bits per heavy atom. The summed E-state index contributed by atoms with van der Waals surface area (Å²) in [4.78, 5) is 18.2. The minimum Gasteiger partial charge on any atom is -0.487 e. The molecule has 0 aliphatic carbocycles. The van der Waals surface area contributed by atoms with Gasteiger partial charge in [0, 0.05) is 20.0 Å². The standard InChI is InChI=1S/C18H16F4N6O3/c1-9-24-17(26-31-9)25-15(29)14-6-23-27(2)16(14)28-7-13(8-28)30-12-4-10(18(20,21)22)3-11(19)5-12/h3-6,13H,7-8H2,1-2H3,(H,25,26,29). The van der Waals surface area contributed by atoms with Crippen LogP contribution in [0.4, 0.5) is 29.3 Å². The molecule has 164 valence electrons. The van der Waals surface area contributed by atoms with Crippen LogP contribution in [0.25, 0.3) is 0 Å². The van der Waals surface area contributed by atoms with E-state index in [-0.39, 0.29) is 36.2 Å². The van der Waals surface area contributed by atoms with Gasteiger partial charge >= 0.3 is 6.18 Å². The molecule has 0 bridgehead atoms. The van der Waals surface area contributed by atoms with Gasteiger partial charge in [-0.15, -0.1) is 0 Å². The van der Waals surface area contributed by atoms with Crippen molar-refractivity contribution in [2.75, 3.05) is 23.3 Å². The lowest BCUT2D eigenvalue weighted by Crippen LogP contribution is -2.55. The molecule has 3 heterocycles. The molecule has 1 N–H and O–H groups in total. The van der Waals surface area contributed by atoms with Crippen LogP contribution in [0.2, 0.25) is 0 Å². The molecule has 9 nitrogen and oxygen atoms in total. The number of benzene rings is 1. The number of hydrogen-bond donors (Lipinski definition) is 1. The number of aryl methyl sites for hydroxylation is 2. The van der Waals surface area contributed by atoms with Gasteiger partial charge in [0.25, 0.3) is 11.9 Å². The van der Waals surface area contributed by atoms with Crippen LogP contribution in [-0.2, 0) is 13.2 Å². The van der Waals surface area contributed by atoms with Gasteiger partial charge in [-0.2, -0.15) is 23.3 Å². The van der Waals surface area contributed by atoms with E-state index >= 15 is 0 Å². The Kier molecular flexibility index (Phi) is 5.03. The molecule has 1 aromatic carbocycles. The number of aromatic nitrogens is 4. The molecule has 0 unspecified atom stereocenters. The lowest BCUT2D eigenvalue weighted by atomic mass is 10.1. The average molecular weight is 440 g/mol. The summed E-state index contributed by atoms with van der Waals surface area (Å²) in [5.74, 6) is -0.985. The van der Waals surface area contributed by atoms with E-state index < -0.39 is 29.6 Å². The molecule has 0 atom stereocenters. The highest BCUT2D eigenvalue weighted by Gasteiger charge is 2.35. The van der Waals surface area contributed by atoms with Gasteiger partial charge in [-0.25, -0.2) is 4.39 Å². The predicted octanol–water partition coefficient (Wildman–Crippen LogP) is 2.79. The molecule has 31 heavy (non-hydrogen) atoms. The van der Waals surface area contributed by atoms with Crippen molar-refractivity contribution >= 4 is 17.7 Å². The smallest absolute Gasteiger partial charge is 0.416 e. The monoisotopic (exact) mass is 440 g/mol. The second-order valence-electron chi connectivity index (χ2n) is 6.91. The molecular formula is C18H16F4N6O3. The van der Waals surface area contributed by atoms with Crippen molar-refractivity contribution in [3.05, 3.63) is 47.2 Å². The zero-order valence-electron chi connectivity index (χ0n) is 16.3. The van der Waals surface area contributed by atoms with Gasteiger partial charge < -0.3 is 14.2 Å². The van der Waals surface area contributed by atoms with E-state index in [2.05, 4.69) is 20.6 Å². The number of rotatable bonds is 5. The Morgan fingerprint density at radius 3 is 2.68 bits per heavy atom. The molecule has 0 spiro atoms. The number of hydrogen-bond acceptors (Lipinski definition) is 7. The maximum atomic E-state index is 13.5. The van der Waals surface area contributed by atoms with Crippen molar-refractivity contribution in [1.29, 1.82) is 0 Å². The fraction of sp³-hybridized carbons (Fsp3) is 0.333. The summed E-state index contributed by atoms with van der Waals surface area (Å²) in [5.41, 5.74) is -0.880. The third-order valence-corrected chi connectivity index (χ3v) is 4.55. The van der Waals surface area contributed by atoms with E-state index in [1.54, 1.807) is 18.9 Å². The summed E-state index contributed by atoms with van der Waals surface area (Å²) in [7, 11) is 1.64. The highest BCUT2D eigenvalue weighted by Crippen LogP contribution is 2.34. The van der Waals surface area contributed by atoms with Crippen molar-refractivity contribution in [3.63, 3.8) is 0 Å². The first-order valence-electron chi connectivity index (χ1n) is 9.03. The second-order valence-corrected chi connectivity index (χ2v) is 6.91. The first kappa shape index (κ1) is 20.6. The van der Waals surface area contributed by atoms with Gasteiger partial charge in [-0.3, -0.25) is 14.8 Å². The van der Waals surface area contributed by atoms with E-state index in [4.69, 9.17) is 9.26 Å². The van der Waals surface area contributed by atoms with Crippen LogP contribution in [-0.4, -0.2) is 45.0 Å². The van der Waals surface area contributed by atoms with Crippen molar-refractivity contribution in [3.8, 4) is 5.75 Å². The van der Waals surface area contributed by atoms with E-state index in [0.717, 1.165) is 12.1 Å². The molecule has 2 aromatic heterocycles. The van der Waals surface area contributed by atoms with E-state index in [1.165, 1.54) is 10.9 Å². The number of carbonyl (C=O) groups excluding carboxylic acids is 1. The first-order valence-corrected chi connectivity index (χ1v) is 9.03. The molecule has 0 radical (unpaired) electrons. The number of nitrogens with zero attached hydrogens (tertiary/aromatic N) is 5. The first-order chi connectivity index (χ1) is 14.6. The highest BCUT2D eigenvalue weighted by molar-refractivity contribution is 6.06. The van der Waals surface area contributed by atoms with Crippen LogP contribution in [0, 0.1) is 12.7 Å². The number of alkyl halides is 3. The van der Waals surface area contributed by atoms with Crippen LogP contribution in [0.1, 0.15) is 21.8 Å². The third-order valence-electron chi connectivity index (χ3n) is 4.55. The summed E-state index contributed by atoms with van der Waals surface area (Å²) in [6.45, 7) is 2.10. The number of nitrogens with one attached hydrogen (secondary N) is 1. The Morgan fingerprint density at radius 1 is 1.29 bits per heavy atom. The fourth-order valence-corrected chi connectivity index (χ4v) is 3.16. The lowest BCUT2D eigenvalue weighted by Gasteiger charge is -2.40. The second kappa shape index (κ2) is 7.56. The molecule has 4 rings (SSSR count). The minimum absolute atomic E-state index is 0.00805. The number of anilines is 2. The Balaban J connectivity index is 1.43. The molecule has 0 saturated carbocycles. The fourth-order valence-electron chi connectivity index (χ4n) is 3.16. The van der Waals surface area contributed by atoms with Crippen LogP contribution < -0.4 is 15.0 Å². The number of amides is 1. The van der Waals surface area contributed by atoms with Crippen molar-refractivity contribution < 1.29 is 31.6 Å². The van der Waals surface area contributed by atoms with Gasteiger partial charge in [0.05, 0.1) is 24.8 Å².